The Morgan fingerprint density at radius 3 is 2.58 bits per heavy atom. The van der Waals surface area contributed by atoms with E-state index in [-0.39, 0.29) is 6.04 Å². The largest absolute Gasteiger partial charge is 0.457 e. The monoisotopic (exact) mass is 275 g/mol. The van der Waals surface area contributed by atoms with Gasteiger partial charge < -0.3 is 10.5 Å². The topological polar surface area (TPSA) is 35.2 Å². The molecular weight excluding hydrogens is 258 g/mol. The maximum Gasteiger partial charge on any atom is 0.127 e. The second-order valence-electron chi connectivity index (χ2n) is 4.84. The fraction of sp³-hybridized carbons (Fsp3) is 0.250. The van der Waals surface area contributed by atoms with Crippen LogP contribution in [-0.2, 0) is 6.42 Å². The van der Waals surface area contributed by atoms with Crippen LogP contribution in [0.2, 0.25) is 5.02 Å². The molecule has 0 aromatic heterocycles. The van der Waals surface area contributed by atoms with E-state index in [9.17, 15) is 0 Å². The number of benzene rings is 2. The summed E-state index contributed by atoms with van der Waals surface area (Å²) >= 11 is 6.00. The molecular formula is C16H18ClNO. The summed E-state index contributed by atoms with van der Waals surface area (Å²) in [7, 11) is 0. The highest BCUT2D eigenvalue weighted by Gasteiger charge is 2.03. The van der Waals surface area contributed by atoms with Gasteiger partial charge in [-0.15, -0.1) is 0 Å². The molecule has 2 nitrogen and oxygen atoms in total. The first-order valence-electron chi connectivity index (χ1n) is 6.33. The number of rotatable bonds is 4. The van der Waals surface area contributed by atoms with Gasteiger partial charge in [0.05, 0.1) is 0 Å². The van der Waals surface area contributed by atoms with Crippen LogP contribution >= 0.6 is 11.6 Å². The van der Waals surface area contributed by atoms with Crippen molar-refractivity contribution in [2.45, 2.75) is 26.3 Å². The second-order valence-corrected chi connectivity index (χ2v) is 5.25. The van der Waals surface area contributed by atoms with Gasteiger partial charge in [0.1, 0.15) is 11.5 Å². The van der Waals surface area contributed by atoms with Crippen molar-refractivity contribution < 1.29 is 4.74 Å². The average molecular weight is 276 g/mol. The summed E-state index contributed by atoms with van der Waals surface area (Å²) in [6.45, 7) is 3.96. The lowest BCUT2D eigenvalue weighted by Crippen LogP contribution is -2.17. The summed E-state index contributed by atoms with van der Waals surface area (Å²) < 4.78 is 5.84. The lowest BCUT2D eigenvalue weighted by molar-refractivity contribution is 0.481. The van der Waals surface area contributed by atoms with Gasteiger partial charge in [-0.2, -0.15) is 0 Å². The Bertz CT molecular complexity index is 566. The molecule has 0 radical (unpaired) electrons. The van der Waals surface area contributed by atoms with Crippen molar-refractivity contribution in [2.24, 2.45) is 5.73 Å². The molecule has 1 atom stereocenters. The molecule has 2 N–H and O–H groups in total. The first-order chi connectivity index (χ1) is 9.04. The van der Waals surface area contributed by atoms with Crippen molar-refractivity contribution in [3.8, 4) is 11.5 Å². The summed E-state index contributed by atoms with van der Waals surface area (Å²) in [6.07, 6.45) is 0.844. The Balaban J connectivity index is 2.16. The number of halogens is 1. The van der Waals surface area contributed by atoms with E-state index in [1.54, 1.807) is 0 Å². The number of hydrogen-bond acceptors (Lipinski definition) is 2. The number of aryl methyl sites for hydroxylation is 1. The average Bonchev–Trinajstić information content (AvgIpc) is 2.33. The highest BCUT2D eigenvalue weighted by molar-refractivity contribution is 6.31. The molecule has 19 heavy (non-hydrogen) atoms. The molecule has 2 aromatic rings. The molecule has 2 aromatic carbocycles. The van der Waals surface area contributed by atoms with Crippen LogP contribution in [0.4, 0.5) is 0 Å². The smallest absolute Gasteiger partial charge is 0.127 e. The van der Waals surface area contributed by atoms with Gasteiger partial charge in [-0.05, 0) is 61.7 Å². The maximum atomic E-state index is 6.00. The third-order valence-corrected chi connectivity index (χ3v) is 3.25. The highest BCUT2D eigenvalue weighted by Crippen LogP contribution is 2.26. The highest BCUT2D eigenvalue weighted by atomic mass is 35.5. The zero-order valence-electron chi connectivity index (χ0n) is 11.2. The molecule has 0 aliphatic rings. The summed E-state index contributed by atoms with van der Waals surface area (Å²) in [5.41, 5.74) is 7.99. The van der Waals surface area contributed by atoms with Crippen LogP contribution < -0.4 is 10.5 Å². The van der Waals surface area contributed by atoms with Crippen LogP contribution in [-0.4, -0.2) is 6.04 Å². The quantitative estimate of drug-likeness (QED) is 0.901. The molecule has 0 aliphatic carbocycles. The molecule has 0 saturated heterocycles. The van der Waals surface area contributed by atoms with Crippen LogP contribution in [0.15, 0.2) is 42.5 Å². The maximum absolute atomic E-state index is 6.00. The van der Waals surface area contributed by atoms with Crippen LogP contribution in [0.1, 0.15) is 18.1 Å². The fourth-order valence-corrected chi connectivity index (χ4v) is 2.04. The van der Waals surface area contributed by atoms with E-state index in [0.29, 0.717) is 0 Å². The molecule has 100 valence electrons. The van der Waals surface area contributed by atoms with Crippen molar-refractivity contribution in [2.75, 3.05) is 0 Å². The second kappa shape index (κ2) is 6.09. The summed E-state index contributed by atoms with van der Waals surface area (Å²) in [6, 6.07) is 13.8. The van der Waals surface area contributed by atoms with Crippen molar-refractivity contribution >= 4 is 11.6 Å². The van der Waals surface area contributed by atoms with Gasteiger partial charge in [0, 0.05) is 11.1 Å². The minimum Gasteiger partial charge on any atom is -0.457 e. The number of ether oxygens (including phenoxy) is 1. The molecule has 1 unspecified atom stereocenters. The van der Waals surface area contributed by atoms with E-state index in [0.717, 1.165) is 28.5 Å². The summed E-state index contributed by atoms with van der Waals surface area (Å²) in [5.74, 6) is 1.61. The minimum atomic E-state index is 0.146. The predicted molar refractivity (Wildman–Crippen MR) is 80.1 cm³/mol. The first kappa shape index (κ1) is 13.9. The Morgan fingerprint density at radius 1 is 1.16 bits per heavy atom. The van der Waals surface area contributed by atoms with E-state index in [4.69, 9.17) is 22.1 Å². The van der Waals surface area contributed by atoms with E-state index in [1.807, 2.05) is 50.2 Å². The van der Waals surface area contributed by atoms with E-state index < -0.39 is 0 Å². The molecule has 2 rings (SSSR count). The van der Waals surface area contributed by atoms with E-state index >= 15 is 0 Å². The zero-order valence-corrected chi connectivity index (χ0v) is 11.9. The van der Waals surface area contributed by atoms with Crippen molar-refractivity contribution in [3.63, 3.8) is 0 Å². The van der Waals surface area contributed by atoms with Crippen LogP contribution in [0.3, 0.4) is 0 Å². The fourth-order valence-electron chi connectivity index (χ4n) is 1.92. The SMILES string of the molecule is Cc1cc(Oc2cccc(CC(C)N)c2)ccc1Cl. The van der Waals surface area contributed by atoms with Gasteiger partial charge >= 0.3 is 0 Å². The van der Waals surface area contributed by atoms with Crippen molar-refractivity contribution in [1.29, 1.82) is 0 Å². The number of hydrogen-bond donors (Lipinski definition) is 1. The number of nitrogens with two attached hydrogens (primary N) is 1. The Morgan fingerprint density at radius 2 is 1.89 bits per heavy atom. The van der Waals surface area contributed by atoms with Crippen molar-refractivity contribution in [1.82, 2.24) is 0 Å². The van der Waals surface area contributed by atoms with Crippen LogP contribution in [0, 0.1) is 6.92 Å². The van der Waals surface area contributed by atoms with Gasteiger partial charge in [-0.25, -0.2) is 0 Å². The molecule has 0 spiro atoms. The van der Waals surface area contributed by atoms with Gasteiger partial charge in [-0.3, -0.25) is 0 Å². The summed E-state index contributed by atoms with van der Waals surface area (Å²) in [5, 5.41) is 0.748. The Kier molecular flexibility index (Phi) is 4.46. The third kappa shape index (κ3) is 3.98. The Hall–Kier alpha value is -1.51. The molecule has 0 bridgehead atoms. The van der Waals surface area contributed by atoms with E-state index in [1.165, 1.54) is 5.56 Å². The van der Waals surface area contributed by atoms with Gasteiger partial charge in [0.25, 0.3) is 0 Å². The molecule has 0 amide bonds. The third-order valence-electron chi connectivity index (χ3n) is 2.82. The molecule has 0 saturated carbocycles. The molecule has 0 heterocycles. The van der Waals surface area contributed by atoms with Crippen LogP contribution in [0.5, 0.6) is 11.5 Å². The van der Waals surface area contributed by atoms with Gasteiger partial charge in [0.15, 0.2) is 0 Å². The first-order valence-corrected chi connectivity index (χ1v) is 6.71. The van der Waals surface area contributed by atoms with Crippen LogP contribution in [0.25, 0.3) is 0 Å². The summed E-state index contributed by atoms with van der Waals surface area (Å²) in [4.78, 5) is 0. The predicted octanol–water partition coefficient (Wildman–Crippen LogP) is 4.33. The zero-order chi connectivity index (χ0) is 13.8. The van der Waals surface area contributed by atoms with E-state index in [2.05, 4.69) is 6.07 Å². The molecule has 0 fully saturated rings. The Labute approximate surface area is 119 Å². The molecule has 0 aliphatic heterocycles. The standard InChI is InChI=1S/C16H18ClNO/c1-11-8-15(6-7-16(11)17)19-14-5-3-4-13(10-14)9-12(2)18/h3-8,10,12H,9,18H2,1-2H3. The lowest BCUT2D eigenvalue weighted by Gasteiger charge is -2.10. The van der Waals surface area contributed by atoms with Gasteiger partial charge in [-0.1, -0.05) is 23.7 Å². The van der Waals surface area contributed by atoms with Crippen molar-refractivity contribution in [3.05, 3.63) is 58.6 Å². The minimum absolute atomic E-state index is 0.146. The normalized spacial score (nSPS) is 12.2. The molecule has 3 heteroatoms. The lowest BCUT2D eigenvalue weighted by atomic mass is 10.1. The van der Waals surface area contributed by atoms with Gasteiger partial charge in [0.2, 0.25) is 0 Å².